The first-order valence-electron chi connectivity index (χ1n) is 5.97. The van der Waals surface area contributed by atoms with Gasteiger partial charge in [-0.3, -0.25) is 0 Å². The van der Waals surface area contributed by atoms with Crippen LogP contribution in [0.15, 0.2) is 35.7 Å². The van der Waals surface area contributed by atoms with Crippen LogP contribution in [0.2, 0.25) is 0 Å². The van der Waals surface area contributed by atoms with Crippen molar-refractivity contribution in [2.75, 3.05) is 18.2 Å². The summed E-state index contributed by atoms with van der Waals surface area (Å²) in [7, 11) is 1.65. The summed E-state index contributed by atoms with van der Waals surface area (Å²) < 4.78 is 5.22. The summed E-state index contributed by atoms with van der Waals surface area (Å²) in [5, 5.41) is 5.59. The molecule has 1 unspecified atom stereocenters. The summed E-state index contributed by atoms with van der Waals surface area (Å²) >= 11 is 1.76. The minimum atomic E-state index is 0.316. The number of anilines is 2. The molecule has 1 atom stereocenters. The van der Waals surface area contributed by atoms with Crippen molar-refractivity contribution in [3.05, 3.63) is 40.6 Å². The lowest BCUT2D eigenvalue weighted by Gasteiger charge is -2.18. The Hall–Kier alpha value is -1.68. The Morgan fingerprint density at radius 3 is 2.83 bits per heavy atom. The van der Waals surface area contributed by atoms with Crippen LogP contribution >= 0.6 is 11.3 Å². The number of nitrogens with two attached hydrogens (primary N) is 1. The van der Waals surface area contributed by atoms with E-state index in [0.29, 0.717) is 11.7 Å². The smallest absolute Gasteiger partial charge is 0.122 e. The van der Waals surface area contributed by atoms with Crippen LogP contribution in [0.1, 0.15) is 24.3 Å². The van der Waals surface area contributed by atoms with Gasteiger partial charge in [-0.05, 0) is 23.9 Å². The molecule has 0 aliphatic heterocycles. The number of benzene rings is 1. The van der Waals surface area contributed by atoms with Crippen LogP contribution in [0.4, 0.5) is 11.4 Å². The first kappa shape index (κ1) is 12.8. The number of nitrogen functional groups attached to an aromatic ring is 1. The molecule has 2 rings (SSSR count). The van der Waals surface area contributed by atoms with Gasteiger partial charge in [0, 0.05) is 28.4 Å². The van der Waals surface area contributed by atoms with Crippen molar-refractivity contribution in [1.82, 2.24) is 0 Å². The molecule has 3 nitrogen and oxygen atoms in total. The van der Waals surface area contributed by atoms with E-state index >= 15 is 0 Å². The number of hydrogen-bond donors (Lipinski definition) is 2. The highest BCUT2D eigenvalue weighted by atomic mass is 32.1. The third-order valence-electron chi connectivity index (χ3n) is 2.80. The van der Waals surface area contributed by atoms with Gasteiger partial charge in [-0.1, -0.05) is 13.0 Å². The van der Waals surface area contributed by atoms with Crippen molar-refractivity contribution >= 4 is 22.7 Å². The molecule has 0 fully saturated rings. The number of nitrogens with one attached hydrogen (secondary N) is 1. The highest BCUT2D eigenvalue weighted by molar-refractivity contribution is 7.10. The molecule has 0 spiro atoms. The highest BCUT2D eigenvalue weighted by Crippen LogP contribution is 2.29. The average Bonchev–Trinajstić information content (AvgIpc) is 2.89. The summed E-state index contributed by atoms with van der Waals surface area (Å²) in [5.41, 5.74) is 7.55. The molecule has 1 heterocycles. The van der Waals surface area contributed by atoms with E-state index in [1.807, 2.05) is 18.2 Å². The Morgan fingerprint density at radius 1 is 1.39 bits per heavy atom. The predicted octanol–water partition coefficient (Wildman–Crippen LogP) is 3.90. The summed E-state index contributed by atoms with van der Waals surface area (Å²) in [6, 6.07) is 10.2. The van der Waals surface area contributed by atoms with Crippen molar-refractivity contribution in [2.45, 2.75) is 19.4 Å². The minimum absolute atomic E-state index is 0.316. The van der Waals surface area contributed by atoms with Gasteiger partial charge in [0.1, 0.15) is 5.75 Å². The number of ether oxygens (including phenoxy) is 1. The molecule has 2 aromatic rings. The number of rotatable bonds is 5. The van der Waals surface area contributed by atoms with Gasteiger partial charge in [-0.2, -0.15) is 0 Å². The van der Waals surface area contributed by atoms with Crippen LogP contribution in [0, 0.1) is 0 Å². The van der Waals surface area contributed by atoms with E-state index in [9.17, 15) is 0 Å². The van der Waals surface area contributed by atoms with Crippen LogP contribution in [0.25, 0.3) is 0 Å². The molecular formula is C14H18N2OS. The maximum absolute atomic E-state index is 5.85. The van der Waals surface area contributed by atoms with E-state index in [0.717, 1.165) is 17.9 Å². The van der Waals surface area contributed by atoms with Gasteiger partial charge in [0.15, 0.2) is 0 Å². The first-order valence-corrected chi connectivity index (χ1v) is 6.85. The molecule has 0 aliphatic rings. The van der Waals surface area contributed by atoms with Gasteiger partial charge in [-0.15, -0.1) is 11.3 Å². The van der Waals surface area contributed by atoms with Crippen molar-refractivity contribution in [3.8, 4) is 5.75 Å². The summed E-state index contributed by atoms with van der Waals surface area (Å²) in [6.07, 6.45) is 1.03. The Kier molecular flexibility index (Phi) is 4.10. The molecule has 0 saturated heterocycles. The largest absolute Gasteiger partial charge is 0.497 e. The van der Waals surface area contributed by atoms with Crippen molar-refractivity contribution < 1.29 is 4.74 Å². The first-order chi connectivity index (χ1) is 8.72. The fourth-order valence-corrected chi connectivity index (χ4v) is 2.75. The van der Waals surface area contributed by atoms with Crippen molar-refractivity contribution in [1.29, 1.82) is 0 Å². The van der Waals surface area contributed by atoms with Crippen LogP contribution in [0.3, 0.4) is 0 Å². The predicted molar refractivity (Wildman–Crippen MR) is 78.4 cm³/mol. The van der Waals surface area contributed by atoms with Gasteiger partial charge in [-0.25, -0.2) is 0 Å². The zero-order valence-electron chi connectivity index (χ0n) is 10.6. The lowest BCUT2D eigenvalue weighted by Crippen LogP contribution is -2.08. The normalized spacial score (nSPS) is 12.1. The molecule has 0 saturated carbocycles. The second kappa shape index (κ2) is 5.78. The fraction of sp³-hybridized carbons (Fsp3) is 0.286. The minimum Gasteiger partial charge on any atom is -0.497 e. The highest BCUT2D eigenvalue weighted by Gasteiger charge is 2.10. The third kappa shape index (κ3) is 2.96. The average molecular weight is 262 g/mol. The van der Waals surface area contributed by atoms with Gasteiger partial charge in [0.05, 0.1) is 13.2 Å². The standard InChI is InChI=1S/C14H18N2OS/c1-3-13(14-5-4-6-18-14)16-11-7-10(15)8-12(9-11)17-2/h4-9,13,16H,3,15H2,1-2H3. The Morgan fingerprint density at radius 2 is 2.22 bits per heavy atom. The second-order valence-corrected chi connectivity index (χ2v) is 5.09. The molecule has 18 heavy (non-hydrogen) atoms. The molecule has 1 aromatic carbocycles. The van der Waals surface area contributed by atoms with E-state index < -0.39 is 0 Å². The van der Waals surface area contributed by atoms with E-state index in [1.165, 1.54) is 4.88 Å². The lowest BCUT2D eigenvalue weighted by atomic mass is 10.1. The second-order valence-electron chi connectivity index (χ2n) is 4.12. The SMILES string of the molecule is CCC(Nc1cc(N)cc(OC)c1)c1cccs1. The van der Waals surface area contributed by atoms with E-state index in [2.05, 4.69) is 29.8 Å². The monoisotopic (exact) mass is 262 g/mol. The zero-order valence-corrected chi connectivity index (χ0v) is 11.5. The van der Waals surface area contributed by atoms with Crippen LogP contribution in [-0.2, 0) is 0 Å². The summed E-state index contributed by atoms with van der Waals surface area (Å²) in [4.78, 5) is 1.33. The molecule has 1 aromatic heterocycles. The number of hydrogen-bond acceptors (Lipinski definition) is 4. The van der Waals surface area contributed by atoms with Crippen LogP contribution in [0.5, 0.6) is 5.75 Å². The lowest BCUT2D eigenvalue weighted by molar-refractivity contribution is 0.415. The molecule has 0 radical (unpaired) electrons. The maximum Gasteiger partial charge on any atom is 0.122 e. The molecule has 0 amide bonds. The van der Waals surface area contributed by atoms with Crippen molar-refractivity contribution in [2.24, 2.45) is 0 Å². The zero-order chi connectivity index (χ0) is 13.0. The quantitative estimate of drug-likeness (QED) is 0.803. The van der Waals surface area contributed by atoms with Gasteiger partial charge in [0.2, 0.25) is 0 Å². The van der Waals surface area contributed by atoms with E-state index in [4.69, 9.17) is 10.5 Å². The van der Waals surface area contributed by atoms with E-state index in [-0.39, 0.29) is 0 Å². The Labute approximate surface area is 112 Å². The number of thiophene rings is 1. The molecule has 0 aliphatic carbocycles. The van der Waals surface area contributed by atoms with Gasteiger partial charge >= 0.3 is 0 Å². The summed E-state index contributed by atoms with van der Waals surface area (Å²) in [5.74, 6) is 0.776. The molecule has 0 bridgehead atoms. The molecular weight excluding hydrogens is 244 g/mol. The Bertz CT molecular complexity index is 497. The van der Waals surface area contributed by atoms with Gasteiger partial charge < -0.3 is 15.8 Å². The maximum atomic E-state index is 5.85. The fourth-order valence-electron chi connectivity index (χ4n) is 1.89. The summed E-state index contributed by atoms with van der Waals surface area (Å²) in [6.45, 7) is 2.17. The van der Waals surface area contributed by atoms with Crippen LogP contribution in [-0.4, -0.2) is 7.11 Å². The topological polar surface area (TPSA) is 47.3 Å². The van der Waals surface area contributed by atoms with Crippen LogP contribution < -0.4 is 15.8 Å². The third-order valence-corrected chi connectivity index (χ3v) is 3.79. The Balaban J connectivity index is 2.19. The molecule has 4 heteroatoms. The molecule has 3 N–H and O–H groups in total. The number of methoxy groups -OCH3 is 1. The van der Waals surface area contributed by atoms with Crippen molar-refractivity contribution in [3.63, 3.8) is 0 Å². The molecule has 96 valence electrons. The van der Waals surface area contributed by atoms with Gasteiger partial charge in [0.25, 0.3) is 0 Å². The van der Waals surface area contributed by atoms with E-state index in [1.54, 1.807) is 18.4 Å².